The standard InChI is InChI=1S/C13H15FN2O5S/c1-8(17)15-11-7-9(4-5-10(11)14)22(20,21)16-6-2-3-12(16)13(18)19/h4-5,7,12H,2-3,6H2,1H3,(H,15,17)(H,18,19)/t12-/m0/s1. The molecule has 1 amide bonds. The van der Waals surface area contributed by atoms with Crippen LogP contribution in [0.2, 0.25) is 0 Å². The molecule has 1 aromatic carbocycles. The second kappa shape index (κ2) is 6.01. The average molecular weight is 330 g/mol. The molecule has 9 heteroatoms. The van der Waals surface area contributed by atoms with Crippen LogP contribution in [0.5, 0.6) is 0 Å². The van der Waals surface area contributed by atoms with Crippen LogP contribution in [0, 0.1) is 5.82 Å². The number of hydrogen-bond donors (Lipinski definition) is 2. The Bertz CT molecular complexity index is 719. The maximum atomic E-state index is 13.6. The summed E-state index contributed by atoms with van der Waals surface area (Å²) in [7, 11) is -4.07. The summed E-state index contributed by atoms with van der Waals surface area (Å²) in [6.45, 7) is 1.26. The molecule has 1 saturated heterocycles. The molecule has 0 saturated carbocycles. The van der Waals surface area contributed by atoms with Crippen molar-refractivity contribution in [2.24, 2.45) is 0 Å². The summed E-state index contributed by atoms with van der Waals surface area (Å²) < 4.78 is 39.5. The van der Waals surface area contributed by atoms with Crippen LogP contribution in [0.25, 0.3) is 0 Å². The van der Waals surface area contributed by atoms with Gasteiger partial charge in [-0.3, -0.25) is 9.59 Å². The second-order valence-corrected chi connectivity index (χ2v) is 6.83. The molecule has 1 aromatic rings. The maximum absolute atomic E-state index is 13.6. The van der Waals surface area contributed by atoms with Crippen LogP contribution in [-0.2, 0) is 19.6 Å². The Labute approximate surface area is 126 Å². The van der Waals surface area contributed by atoms with Crippen LogP contribution in [0.4, 0.5) is 10.1 Å². The summed E-state index contributed by atoms with van der Waals surface area (Å²) >= 11 is 0. The zero-order valence-electron chi connectivity index (χ0n) is 11.7. The van der Waals surface area contributed by atoms with Gasteiger partial charge in [0.1, 0.15) is 11.9 Å². The van der Waals surface area contributed by atoms with Crippen molar-refractivity contribution in [3.05, 3.63) is 24.0 Å². The summed E-state index contributed by atoms with van der Waals surface area (Å²) in [5.74, 6) is -2.53. The minimum atomic E-state index is -4.07. The van der Waals surface area contributed by atoms with Crippen LogP contribution in [0.3, 0.4) is 0 Å². The van der Waals surface area contributed by atoms with Crippen molar-refractivity contribution >= 4 is 27.6 Å². The third-order valence-corrected chi connectivity index (χ3v) is 5.25. The van der Waals surface area contributed by atoms with Crippen molar-refractivity contribution < 1.29 is 27.5 Å². The first-order valence-electron chi connectivity index (χ1n) is 6.55. The lowest BCUT2D eigenvalue weighted by molar-refractivity contribution is -0.140. The van der Waals surface area contributed by atoms with E-state index in [1.165, 1.54) is 6.92 Å². The van der Waals surface area contributed by atoms with Crippen LogP contribution in [0.1, 0.15) is 19.8 Å². The van der Waals surface area contributed by atoms with Gasteiger partial charge in [-0.15, -0.1) is 0 Å². The van der Waals surface area contributed by atoms with Gasteiger partial charge in [0.15, 0.2) is 0 Å². The molecule has 1 aliphatic heterocycles. The van der Waals surface area contributed by atoms with Gasteiger partial charge in [0.05, 0.1) is 10.6 Å². The van der Waals surface area contributed by atoms with E-state index < -0.39 is 33.8 Å². The molecule has 1 fully saturated rings. The number of sulfonamides is 1. The molecule has 120 valence electrons. The molecule has 1 atom stereocenters. The fourth-order valence-corrected chi connectivity index (χ4v) is 4.04. The smallest absolute Gasteiger partial charge is 0.322 e. The van der Waals surface area contributed by atoms with Gasteiger partial charge in [0, 0.05) is 13.5 Å². The van der Waals surface area contributed by atoms with Gasteiger partial charge in [-0.25, -0.2) is 12.8 Å². The zero-order valence-corrected chi connectivity index (χ0v) is 12.6. The van der Waals surface area contributed by atoms with Crippen LogP contribution < -0.4 is 5.32 Å². The molecule has 0 radical (unpaired) electrons. The fourth-order valence-electron chi connectivity index (χ4n) is 2.36. The SMILES string of the molecule is CC(=O)Nc1cc(S(=O)(=O)N2CCC[C@H]2C(=O)O)ccc1F. The number of nitrogens with one attached hydrogen (secondary N) is 1. The predicted molar refractivity (Wildman–Crippen MR) is 75.3 cm³/mol. The van der Waals surface area contributed by atoms with Crippen molar-refractivity contribution in [2.45, 2.75) is 30.7 Å². The van der Waals surface area contributed by atoms with Gasteiger partial charge in [-0.05, 0) is 31.0 Å². The molecule has 0 aromatic heterocycles. The van der Waals surface area contributed by atoms with Gasteiger partial charge >= 0.3 is 5.97 Å². The zero-order chi connectivity index (χ0) is 16.5. The Balaban J connectivity index is 2.41. The van der Waals surface area contributed by atoms with Gasteiger partial charge in [0.2, 0.25) is 15.9 Å². The van der Waals surface area contributed by atoms with Gasteiger partial charge in [-0.2, -0.15) is 4.31 Å². The number of aliphatic carboxylic acids is 1. The summed E-state index contributed by atoms with van der Waals surface area (Å²) in [4.78, 5) is 21.9. The Morgan fingerprint density at radius 2 is 2.09 bits per heavy atom. The van der Waals surface area contributed by atoms with Crippen molar-refractivity contribution in [3.8, 4) is 0 Å². The van der Waals surface area contributed by atoms with Crippen LogP contribution >= 0.6 is 0 Å². The lowest BCUT2D eigenvalue weighted by Gasteiger charge is -2.21. The Kier molecular flexibility index (Phi) is 4.47. The van der Waals surface area contributed by atoms with E-state index in [9.17, 15) is 22.4 Å². The monoisotopic (exact) mass is 330 g/mol. The van der Waals surface area contributed by atoms with E-state index in [1.54, 1.807) is 0 Å². The predicted octanol–water partition coefficient (Wildman–Crippen LogP) is 1.02. The van der Waals surface area contributed by atoms with E-state index in [4.69, 9.17) is 5.11 Å². The van der Waals surface area contributed by atoms with E-state index in [2.05, 4.69) is 5.32 Å². The number of anilines is 1. The molecular formula is C13H15FN2O5S. The minimum absolute atomic E-state index is 0.0894. The summed E-state index contributed by atoms with van der Waals surface area (Å²) in [6, 6.07) is 1.83. The Morgan fingerprint density at radius 1 is 1.41 bits per heavy atom. The first-order valence-corrected chi connectivity index (χ1v) is 7.99. The highest BCUT2D eigenvalue weighted by Crippen LogP contribution is 2.28. The van der Waals surface area contributed by atoms with E-state index in [0.717, 1.165) is 22.5 Å². The number of rotatable bonds is 4. The summed E-state index contributed by atoms with van der Waals surface area (Å²) in [5.41, 5.74) is -0.264. The Hall–Kier alpha value is -2.00. The minimum Gasteiger partial charge on any atom is -0.480 e. The van der Waals surface area contributed by atoms with E-state index in [0.29, 0.717) is 6.42 Å². The van der Waals surface area contributed by atoms with E-state index in [1.807, 2.05) is 0 Å². The molecule has 7 nitrogen and oxygen atoms in total. The second-order valence-electron chi connectivity index (χ2n) is 4.93. The number of carboxylic acids is 1. The molecule has 1 heterocycles. The largest absolute Gasteiger partial charge is 0.480 e. The van der Waals surface area contributed by atoms with E-state index in [-0.39, 0.29) is 23.5 Å². The molecule has 0 aliphatic carbocycles. The lowest BCUT2D eigenvalue weighted by atomic mass is 10.2. The first kappa shape index (κ1) is 16.4. The molecule has 0 spiro atoms. The number of benzene rings is 1. The molecule has 0 unspecified atom stereocenters. The highest BCUT2D eigenvalue weighted by atomic mass is 32.2. The number of carbonyl (C=O) groups is 2. The van der Waals surface area contributed by atoms with Gasteiger partial charge < -0.3 is 10.4 Å². The van der Waals surface area contributed by atoms with Gasteiger partial charge in [-0.1, -0.05) is 0 Å². The molecule has 22 heavy (non-hydrogen) atoms. The van der Waals surface area contributed by atoms with E-state index >= 15 is 0 Å². The van der Waals surface area contributed by atoms with Crippen molar-refractivity contribution in [2.75, 3.05) is 11.9 Å². The normalized spacial score (nSPS) is 19.1. The number of amides is 1. The number of nitrogens with zero attached hydrogens (tertiary/aromatic N) is 1. The van der Waals surface area contributed by atoms with Gasteiger partial charge in [0.25, 0.3) is 0 Å². The molecule has 1 aliphatic rings. The molecule has 0 bridgehead atoms. The molecule has 2 N–H and O–H groups in total. The average Bonchev–Trinajstić information content (AvgIpc) is 2.90. The number of hydrogen-bond acceptors (Lipinski definition) is 4. The molecule has 2 rings (SSSR count). The topological polar surface area (TPSA) is 104 Å². The quantitative estimate of drug-likeness (QED) is 0.858. The van der Waals surface area contributed by atoms with Crippen LogP contribution in [0.15, 0.2) is 23.1 Å². The van der Waals surface area contributed by atoms with Crippen molar-refractivity contribution in [3.63, 3.8) is 0 Å². The molecular weight excluding hydrogens is 315 g/mol. The Morgan fingerprint density at radius 3 is 2.68 bits per heavy atom. The fraction of sp³-hybridized carbons (Fsp3) is 0.385. The van der Waals surface area contributed by atoms with Crippen molar-refractivity contribution in [1.82, 2.24) is 4.31 Å². The van der Waals surface area contributed by atoms with Crippen molar-refractivity contribution in [1.29, 1.82) is 0 Å². The lowest BCUT2D eigenvalue weighted by Crippen LogP contribution is -2.40. The third-order valence-electron chi connectivity index (χ3n) is 3.34. The summed E-state index contributed by atoms with van der Waals surface area (Å²) in [6.07, 6.45) is 0.671. The maximum Gasteiger partial charge on any atom is 0.322 e. The first-order chi connectivity index (χ1) is 10.2. The highest BCUT2D eigenvalue weighted by Gasteiger charge is 2.39. The third kappa shape index (κ3) is 3.09. The number of halogens is 1. The summed E-state index contributed by atoms with van der Waals surface area (Å²) in [5, 5.41) is 11.3. The van der Waals surface area contributed by atoms with Crippen LogP contribution in [-0.4, -0.2) is 42.3 Å². The number of carbonyl (C=O) groups excluding carboxylic acids is 1. The number of carboxylic acid groups (broad SMARTS) is 1. The highest BCUT2D eigenvalue weighted by molar-refractivity contribution is 7.89.